The van der Waals surface area contributed by atoms with Gasteiger partial charge in [0.25, 0.3) is 5.89 Å². The first-order valence-corrected chi connectivity index (χ1v) is 5.31. The first kappa shape index (κ1) is 12.0. The lowest BCUT2D eigenvalue weighted by Gasteiger charge is -1.91. The Morgan fingerprint density at radius 2 is 2.29 bits per heavy atom. The summed E-state index contributed by atoms with van der Waals surface area (Å²) in [6, 6.07) is 0. The molecular weight excluding hydrogens is 244 g/mol. The SMILES string of the molecule is Cl.NCCn1cc(-c2nc(C3CC3)no2)nn1. The largest absolute Gasteiger partial charge is 0.332 e. The summed E-state index contributed by atoms with van der Waals surface area (Å²) in [6.07, 6.45) is 4.06. The van der Waals surface area contributed by atoms with Crippen molar-refractivity contribution in [3.63, 3.8) is 0 Å². The van der Waals surface area contributed by atoms with Gasteiger partial charge in [-0.05, 0) is 12.8 Å². The van der Waals surface area contributed by atoms with Crippen molar-refractivity contribution in [3.8, 4) is 11.6 Å². The van der Waals surface area contributed by atoms with E-state index >= 15 is 0 Å². The van der Waals surface area contributed by atoms with E-state index in [1.165, 1.54) is 0 Å². The van der Waals surface area contributed by atoms with Gasteiger partial charge in [0.2, 0.25) is 0 Å². The minimum Gasteiger partial charge on any atom is -0.332 e. The summed E-state index contributed by atoms with van der Waals surface area (Å²) < 4.78 is 6.80. The van der Waals surface area contributed by atoms with Crippen LogP contribution < -0.4 is 5.73 Å². The number of nitrogens with zero attached hydrogens (tertiary/aromatic N) is 5. The summed E-state index contributed by atoms with van der Waals surface area (Å²) in [5.74, 6) is 1.70. The first-order valence-electron chi connectivity index (χ1n) is 5.31. The van der Waals surface area contributed by atoms with E-state index < -0.39 is 0 Å². The maximum atomic E-state index is 5.42. The summed E-state index contributed by atoms with van der Waals surface area (Å²) in [6.45, 7) is 1.16. The van der Waals surface area contributed by atoms with Crippen LogP contribution in [0.4, 0.5) is 0 Å². The molecule has 1 saturated carbocycles. The molecule has 92 valence electrons. The van der Waals surface area contributed by atoms with Crippen LogP contribution in [-0.2, 0) is 6.54 Å². The number of hydrogen-bond donors (Lipinski definition) is 1. The van der Waals surface area contributed by atoms with Gasteiger partial charge in [0.05, 0.1) is 12.7 Å². The van der Waals surface area contributed by atoms with Gasteiger partial charge in [-0.3, -0.25) is 4.68 Å². The van der Waals surface area contributed by atoms with Gasteiger partial charge in [0.15, 0.2) is 11.5 Å². The lowest BCUT2D eigenvalue weighted by atomic mass is 10.4. The molecule has 2 N–H and O–H groups in total. The molecule has 17 heavy (non-hydrogen) atoms. The second-order valence-electron chi connectivity index (χ2n) is 3.89. The molecule has 1 fully saturated rings. The minimum atomic E-state index is 0. The topological polar surface area (TPSA) is 95.7 Å². The molecule has 2 heterocycles. The predicted octanol–water partition coefficient (Wildman–Crippen LogP) is 0.586. The van der Waals surface area contributed by atoms with Crippen molar-refractivity contribution in [2.75, 3.05) is 6.54 Å². The third kappa shape index (κ3) is 2.45. The highest BCUT2D eigenvalue weighted by molar-refractivity contribution is 5.85. The molecule has 3 rings (SSSR count). The van der Waals surface area contributed by atoms with E-state index in [0.29, 0.717) is 30.6 Å². The molecule has 0 saturated heterocycles. The Balaban J connectivity index is 0.00000108. The Hall–Kier alpha value is -1.47. The Bertz CT molecular complexity index is 491. The van der Waals surface area contributed by atoms with E-state index in [2.05, 4.69) is 20.5 Å². The van der Waals surface area contributed by atoms with Gasteiger partial charge in [-0.2, -0.15) is 4.98 Å². The standard InChI is InChI=1S/C9H12N6O.ClH/c10-3-4-15-5-7(12-14-15)9-11-8(13-16-9)6-1-2-6;/h5-6H,1-4,10H2;1H. The highest BCUT2D eigenvalue weighted by Crippen LogP contribution is 2.38. The van der Waals surface area contributed by atoms with Gasteiger partial charge >= 0.3 is 0 Å². The fourth-order valence-electron chi connectivity index (χ4n) is 1.48. The van der Waals surface area contributed by atoms with E-state index in [0.717, 1.165) is 18.7 Å². The number of halogens is 1. The van der Waals surface area contributed by atoms with E-state index in [9.17, 15) is 0 Å². The molecule has 0 radical (unpaired) electrons. The van der Waals surface area contributed by atoms with Gasteiger partial charge in [-0.25, -0.2) is 0 Å². The van der Waals surface area contributed by atoms with Gasteiger partial charge in [-0.1, -0.05) is 10.4 Å². The van der Waals surface area contributed by atoms with Crippen molar-refractivity contribution >= 4 is 12.4 Å². The predicted molar refractivity (Wildman–Crippen MR) is 61.6 cm³/mol. The molecule has 1 aliphatic carbocycles. The number of hydrogen-bond acceptors (Lipinski definition) is 6. The monoisotopic (exact) mass is 256 g/mol. The number of nitrogens with two attached hydrogens (primary N) is 1. The van der Waals surface area contributed by atoms with Crippen molar-refractivity contribution in [3.05, 3.63) is 12.0 Å². The third-order valence-corrected chi connectivity index (χ3v) is 2.50. The summed E-state index contributed by atoms with van der Waals surface area (Å²) in [5.41, 5.74) is 6.03. The van der Waals surface area contributed by atoms with Crippen LogP contribution in [-0.4, -0.2) is 31.7 Å². The summed E-state index contributed by atoms with van der Waals surface area (Å²) in [7, 11) is 0. The number of rotatable bonds is 4. The van der Waals surface area contributed by atoms with Crippen LogP contribution in [0.1, 0.15) is 24.6 Å². The van der Waals surface area contributed by atoms with Crippen LogP contribution in [0, 0.1) is 0 Å². The second-order valence-corrected chi connectivity index (χ2v) is 3.89. The Morgan fingerprint density at radius 3 is 3.00 bits per heavy atom. The van der Waals surface area contributed by atoms with Gasteiger partial charge in [0.1, 0.15) is 0 Å². The van der Waals surface area contributed by atoms with Crippen molar-refractivity contribution in [1.29, 1.82) is 0 Å². The zero-order valence-electron chi connectivity index (χ0n) is 9.11. The minimum absolute atomic E-state index is 0. The third-order valence-electron chi connectivity index (χ3n) is 2.50. The highest BCUT2D eigenvalue weighted by atomic mass is 35.5. The fourth-order valence-corrected chi connectivity index (χ4v) is 1.48. The lowest BCUT2D eigenvalue weighted by molar-refractivity contribution is 0.421. The maximum Gasteiger partial charge on any atom is 0.280 e. The molecule has 0 aromatic carbocycles. The lowest BCUT2D eigenvalue weighted by Crippen LogP contribution is -2.10. The highest BCUT2D eigenvalue weighted by Gasteiger charge is 2.29. The van der Waals surface area contributed by atoms with Crippen LogP contribution in [0.2, 0.25) is 0 Å². The summed E-state index contributed by atoms with van der Waals surface area (Å²) in [4.78, 5) is 4.29. The molecule has 1 aliphatic rings. The van der Waals surface area contributed by atoms with Crippen molar-refractivity contribution < 1.29 is 4.52 Å². The van der Waals surface area contributed by atoms with Crippen LogP contribution in [0.5, 0.6) is 0 Å². The Labute approximate surface area is 104 Å². The Kier molecular flexibility index (Phi) is 3.39. The van der Waals surface area contributed by atoms with Crippen LogP contribution in [0.3, 0.4) is 0 Å². The van der Waals surface area contributed by atoms with Crippen LogP contribution >= 0.6 is 12.4 Å². The van der Waals surface area contributed by atoms with Gasteiger partial charge in [0, 0.05) is 12.5 Å². The average Bonchev–Trinajstić information content (AvgIpc) is 2.85. The van der Waals surface area contributed by atoms with Gasteiger partial charge < -0.3 is 10.3 Å². The second kappa shape index (κ2) is 4.80. The van der Waals surface area contributed by atoms with E-state index in [1.807, 2.05) is 0 Å². The molecule has 0 amide bonds. The zero-order valence-corrected chi connectivity index (χ0v) is 9.93. The molecule has 0 bridgehead atoms. The average molecular weight is 257 g/mol. The molecule has 0 aliphatic heterocycles. The van der Waals surface area contributed by atoms with Crippen molar-refractivity contribution in [1.82, 2.24) is 25.1 Å². The van der Waals surface area contributed by atoms with E-state index in [-0.39, 0.29) is 12.4 Å². The normalized spacial score (nSPS) is 14.6. The fraction of sp³-hybridized carbons (Fsp3) is 0.556. The molecule has 8 heteroatoms. The molecule has 2 aromatic rings. The van der Waals surface area contributed by atoms with Gasteiger partial charge in [-0.15, -0.1) is 17.5 Å². The molecule has 0 atom stereocenters. The van der Waals surface area contributed by atoms with Crippen LogP contribution in [0.25, 0.3) is 11.6 Å². The first-order chi connectivity index (χ1) is 7.86. The molecule has 0 spiro atoms. The molecule has 0 unspecified atom stereocenters. The molecule has 2 aromatic heterocycles. The van der Waals surface area contributed by atoms with Crippen molar-refractivity contribution in [2.45, 2.75) is 25.3 Å². The number of aromatic nitrogens is 5. The quantitative estimate of drug-likeness (QED) is 0.860. The Morgan fingerprint density at radius 1 is 1.47 bits per heavy atom. The summed E-state index contributed by atoms with van der Waals surface area (Å²) in [5, 5.41) is 11.8. The van der Waals surface area contributed by atoms with E-state index in [1.54, 1.807) is 10.9 Å². The smallest absolute Gasteiger partial charge is 0.280 e. The van der Waals surface area contributed by atoms with E-state index in [4.69, 9.17) is 10.3 Å². The van der Waals surface area contributed by atoms with Crippen molar-refractivity contribution in [2.24, 2.45) is 5.73 Å². The maximum absolute atomic E-state index is 5.42. The summed E-state index contributed by atoms with van der Waals surface area (Å²) >= 11 is 0. The molecular formula is C9H13ClN6O. The molecule has 7 nitrogen and oxygen atoms in total. The zero-order chi connectivity index (χ0) is 11.0. The van der Waals surface area contributed by atoms with Crippen LogP contribution in [0.15, 0.2) is 10.7 Å².